The third-order valence-electron chi connectivity index (χ3n) is 4.67. The summed E-state index contributed by atoms with van der Waals surface area (Å²) < 4.78 is 0. The van der Waals surface area contributed by atoms with Crippen molar-refractivity contribution in [1.82, 2.24) is 4.90 Å². The zero-order valence-electron chi connectivity index (χ0n) is 13.3. The molecule has 1 unspecified atom stereocenters. The monoisotopic (exact) mass is 333 g/mol. The number of anilines is 1. The molecule has 1 aliphatic carbocycles. The highest BCUT2D eigenvalue weighted by Crippen LogP contribution is 2.37. The number of thiophene rings is 1. The van der Waals surface area contributed by atoms with Gasteiger partial charge in [0.25, 0.3) is 0 Å². The molecule has 6 heteroatoms. The smallest absolute Gasteiger partial charge is 0.226 e. The number of carbonyl (C=O) groups is 1. The van der Waals surface area contributed by atoms with Crippen LogP contribution >= 0.6 is 11.3 Å². The minimum absolute atomic E-state index is 0.0415. The molecule has 23 heavy (non-hydrogen) atoms. The summed E-state index contributed by atoms with van der Waals surface area (Å²) in [5, 5.41) is 22.7. The fourth-order valence-corrected chi connectivity index (χ4v) is 4.71. The SMILES string of the molecule is N#Cc1c(NC(=O)CCN2CCCC(O)C2)sc2c1CCCC2. The van der Waals surface area contributed by atoms with E-state index in [1.807, 2.05) is 0 Å². The number of hydrogen-bond acceptors (Lipinski definition) is 5. The van der Waals surface area contributed by atoms with Crippen LogP contribution in [0.25, 0.3) is 0 Å². The fraction of sp³-hybridized carbons (Fsp3) is 0.647. The molecule has 1 amide bonds. The van der Waals surface area contributed by atoms with Crippen molar-refractivity contribution in [2.24, 2.45) is 0 Å². The fourth-order valence-electron chi connectivity index (χ4n) is 3.46. The number of nitrogens with one attached hydrogen (secondary N) is 1. The van der Waals surface area contributed by atoms with Crippen LogP contribution in [0.5, 0.6) is 0 Å². The molecule has 1 aromatic heterocycles. The predicted molar refractivity (Wildman–Crippen MR) is 90.6 cm³/mol. The van der Waals surface area contributed by atoms with E-state index in [-0.39, 0.29) is 12.0 Å². The summed E-state index contributed by atoms with van der Waals surface area (Å²) in [6.45, 7) is 2.26. The van der Waals surface area contributed by atoms with E-state index >= 15 is 0 Å². The Morgan fingerprint density at radius 1 is 1.39 bits per heavy atom. The van der Waals surface area contributed by atoms with Crippen LogP contribution in [0.3, 0.4) is 0 Å². The van der Waals surface area contributed by atoms with Gasteiger partial charge in [-0.1, -0.05) is 0 Å². The Morgan fingerprint density at radius 3 is 3.00 bits per heavy atom. The molecule has 2 heterocycles. The van der Waals surface area contributed by atoms with Gasteiger partial charge < -0.3 is 15.3 Å². The van der Waals surface area contributed by atoms with Crippen LogP contribution in [0, 0.1) is 11.3 Å². The molecule has 1 aromatic rings. The minimum Gasteiger partial charge on any atom is -0.392 e. The number of aliphatic hydroxyl groups is 1. The average Bonchev–Trinajstić information content (AvgIpc) is 2.90. The first-order chi connectivity index (χ1) is 11.2. The molecule has 0 saturated carbocycles. The second-order valence-electron chi connectivity index (χ2n) is 6.42. The highest BCUT2D eigenvalue weighted by Gasteiger charge is 2.22. The molecule has 124 valence electrons. The quantitative estimate of drug-likeness (QED) is 0.886. The van der Waals surface area contributed by atoms with Crippen molar-refractivity contribution >= 4 is 22.2 Å². The molecule has 1 atom stereocenters. The molecule has 0 aromatic carbocycles. The Balaban J connectivity index is 1.58. The van der Waals surface area contributed by atoms with Crippen molar-refractivity contribution in [1.29, 1.82) is 5.26 Å². The van der Waals surface area contributed by atoms with Gasteiger partial charge in [-0.25, -0.2) is 0 Å². The normalized spacial score (nSPS) is 21.5. The van der Waals surface area contributed by atoms with E-state index in [2.05, 4.69) is 16.3 Å². The van der Waals surface area contributed by atoms with Gasteiger partial charge in [-0.15, -0.1) is 11.3 Å². The standard InChI is InChI=1S/C17H23N3O2S/c18-10-14-13-5-1-2-6-15(13)23-17(14)19-16(22)7-9-20-8-3-4-12(21)11-20/h12,21H,1-9,11H2,(H,19,22). The summed E-state index contributed by atoms with van der Waals surface area (Å²) in [7, 11) is 0. The number of likely N-dealkylation sites (tertiary alicyclic amines) is 1. The number of rotatable bonds is 4. The Kier molecular flexibility index (Phi) is 5.31. The number of β-amino-alcohol motifs (C(OH)–C–C–N with tert-alkyl or cyclic N) is 1. The number of fused-ring (bicyclic) bond motifs is 1. The van der Waals surface area contributed by atoms with Gasteiger partial charge in [0.15, 0.2) is 0 Å². The number of amides is 1. The Morgan fingerprint density at radius 2 is 2.22 bits per heavy atom. The van der Waals surface area contributed by atoms with Crippen LogP contribution in [0.15, 0.2) is 0 Å². The van der Waals surface area contributed by atoms with Gasteiger partial charge >= 0.3 is 0 Å². The molecule has 1 aliphatic heterocycles. The second kappa shape index (κ2) is 7.43. The van der Waals surface area contributed by atoms with E-state index in [1.165, 1.54) is 11.3 Å². The molecule has 2 aliphatic rings. The highest BCUT2D eigenvalue weighted by molar-refractivity contribution is 7.16. The van der Waals surface area contributed by atoms with Crippen molar-refractivity contribution in [2.75, 3.05) is 25.0 Å². The summed E-state index contributed by atoms with van der Waals surface area (Å²) in [6.07, 6.45) is 6.26. The van der Waals surface area contributed by atoms with Crippen molar-refractivity contribution in [3.63, 3.8) is 0 Å². The van der Waals surface area contributed by atoms with Crippen molar-refractivity contribution in [3.05, 3.63) is 16.0 Å². The molecule has 0 radical (unpaired) electrons. The lowest BCUT2D eigenvalue weighted by Crippen LogP contribution is -2.39. The summed E-state index contributed by atoms with van der Waals surface area (Å²) in [4.78, 5) is 15.6. The van der Waals surface area contributed by atoms with E-state index in [4.69, 9.17) is 0 Å². The number of nitriles is 1. The number of aryl methyl sites for hydroxylation is 1. The molecule has 2 N–H and O–H groups in total. The van der Waals surface area contributed by atoms with Crippen molar-refractivity contribution in [3.8, 4) is 6.07 Å². The van der Waals surface area contributed by atoms with E-state index in [0.717, 1.165) is 49.2 Å². The van der Waals surface area contributed by atoms with E-state index < -0.39 is 0 Å². The van der Waals surface area contributed by atoms with Crippen LogP contribution in [-0.2, 0) is 17.6 Å². The van der Waals surface area contributed by atoms with Gasteiger partial charge in [-0.05, 0) is 50.6 Å². The largest absolute Gasteiger partial charge is 0.392 e. The molecule has 1 fully saturated rings. The first-order valence-electron chi connectivity index (χ1n) is 8.42. The van der Waals surface area contributed by atoms with E-state index in [1.54, 1.807) is 11.3 Å². The van der Waals surface area contributed by atoms with Crippen molar-refractivity contribution in [2.45, 2.75) is 51.0 Å². The number of nitrogens with zero attached hydrogens (tertiary/aromatic N) is 2. The van der Waals surface area contributed by atoms with Crippen LogP contribution in [0.2, 0.25) is 0 Å². The van der Waals surface area contributed by atoms with Crippen LogP contribution in [-0.4, -0.2) is 41.7 Å². The molecular weight excluding hydrogens is 310 g/mol. The number of carbonyl (C=O) groups excluding carboxylic acids is 1. The van der Waals surface area contributed by atoms with Gasteiger partial charge in [0.05, 0.1) is 11.7 Å². The van der Waals surface area contributed by atoms with E-state index in [9.17, 15) is 15.2 Å². The minimum atomic E-state index is -0.263. The Bertz CT molecular complexity index is 620. The number of hydrogen-bond donors (Lipinski definition) is 2. The number of aliphatic hydroxyl groups excluding tert-OH is 1. The van der Waals surface area contributed by atoms with Gasteiger partial charge in [0, 0.05) is 24.4 Å². The molecule has 0 bridgehead atoms. The first kappa shape index (κ1) is 16.4. The van der Waals surface area contributed by atoms with Crippen LogP contribution in [0.1, 0.15) is 48.1 Å². The Labute approximate surface area is 140 Å². The second-order valence-corrected chi connectivity index (χ2v) is 7.53. The molecule has 5 nitrogen and oxygen atoms in total. The first-order valence-corrected chi connectivity index (χ1v) is 9.24. The molecule has 3 rings (SSSR count). The van der Waals surface area contributed by atoms with Crippen LogP contribution < -0.4 is 5.32 Å². The average molecular weight is 333 g/mol. The third-order valence-corrected chi connectivity index (χ3v) is 5.88. The maximum absolute atomic E-state index is 12.2. The van der Waals surface area contributed by atoms with Gasteiger partial charge in [0.1, 0.15) is 11.1 Å². The topological polar surface area (TPSA) is 76.4 Å². The lowest BCUT2D eigenvalue weighted by Gasteiger charge is -2.29. The zero-order chi connectivity index (χ0) is 16.2. The lowest BCUT2D eigenvalue weighted by atomic mass is 9.96. The lowest BCUT2D eigenvalue weighted by molar-refractivity contribution is -0.116. The van der Waals surface area contributed by atoms with Gasteiger partial charge in [-0.2, -0.15) is 5.26 Å². The maximum Gasteiger partial charge on any atom is 0.226 e. The zero-order valence-corrected chi connectivity index (χ0v) is 14.1. The molecule has 0 spiro atoms. The Hall–Kier alpha value is -1.42. The molecule has 1 saturated heterocycles. The van der Waals surface area contributed by atoms with Gasteiger partial charge in [0.2, 0.25) is 5.91 Å². The predicted octanol–water partition coefficient (Wildman–Crippen LogP) is 2.28. The summed E-state index contributed by atoms with van der Waals surface area (Å²) >= 11 is 1.57. The maximum atomic E-state index is 12.2. The van der Waals surface area contributed by atoms with Crippen LogP contribution in [0.4, 0.5) is 5.00 Å². The summed E-state index contributed by atoms with van der Waals surface area (Å²) in [5.41, 5.74) is 1.82. The van der Waals surface area contributed by atoms with Gasteiger partial charge in [-0.3, -0.25) is 4.79 Å². The molecular formula is C17H23N3O2S. The summed E-state index contributed by atoms with van der Waals surface area (Å²) in [5.74, 6) is -0.0415. The third kappa shape index (κ3) is 3.92. The van der Waals surface area contributed by atoms with Crippen molar-refractivity contribution < 1.29 is 9.90 Å². The summed E-state index contributed by atoms with van der Waals surface area (Å²) in [6, 6.07) is 2.27. The number of piperidine rings is 1. The highest BCUT2D eigenvalue weighted by atomic mass is 32.1. The van der Waals surface area contributed by atoms with E-state index in [0.29, 0.717) is 25.1 Å².